The average molecular weight is 381 g/mol. The van der Waals surface area contributed by atoms with Gasteiger partial charge in [-0.2, -0.15) is 0 Å². The first kappa shape index (κ1) is 20.7. The van der Waals surface area contributed by atoms with E-state index in [2.05, 4.69) is 63.5 Å². The first-order valence-corrected chi connectivity index (χ1v) is 10.9. The van der Waals surface area contributed by atoms with Gasteiger partial charge in [0.2, 0.25) is 0 Å². The van der Waals surface area contributed by atoms with Gasteiger partial charge in [0.05, 0.1) is 5.56 Å². The zero-order chi connectivity index (χ0) is 20.5. The number of benzene rings is 1. The molecule has 3 rings (SSSR count). The van der Waals surface area contributed by atoms with Crippen LogP contribution in [-0.4, -0.2) is 10.5 Å². The van der Waals surface area contributed by atoms with Crippen LogP contribution in [-0.2, 0) is 18.4 Å². The Morgan fingerprint density at radius 3 is 2.21 bits per heavy atom. The molecule has 0 spiro atoms. The standard InChI is InChI=1S/C25H36N2O/c1-6-21-23(19-12-14-20(15-13-19)25(3,4)5)22(24(26)28)17(2)27(21)16-18-10-8-7-9-11-18/h12-15,18H,6-11,16H2,1-5H3,(H2,26,28). The topological polar surface area (TPSA) is 48.0 Å². The van der Waals surface area contributed by atoms with Crippen LogP contribution in [0.2, 0.25) is 0 Å². The highest BCUT2D eigenvalue weighted by molar-refractivity contribution is 6.02. The number of aromatic nitrogens is 1. The van der Waals surface area contributed by atoms with E-state index in [1.165, 1.54) is 43.4 Å². The van der Waals surface area contributed by atoms with Gasteiger partial charge in [0, 0.05) is 23.5 Å². The predicted octanol–water partition coefficient (Wildman–Crippen LogP) is 6.00. The summed E-state index contributed by atoms with van der Waals surface area (Å²) in [6, 6.07) is 8.69. The van der Waals surface area contributed by atoms with Crippen LogP contribution in [0.15, 0.2) is 24.3 Å². The minimum Gasteiger partial charge on any atom is -0.366 e. The summed E-state index contributed by atoms with van der Waals surface area (Å²) in [6.45, 7) is 11.9. The number of primary amides is 1. The Morgan fingerprint density at radius 1 is 1.11 bits per heavy atom. The summed E-state index contributed by atoms with van der Waals surface area (Å²) in [6.07, 6.45) is 7.51. The van der Waals surface area contributed by atoms with Crippen LogP contribution in [0.25, 0.3) is 11.1 Å². The summed E-state index contributed by atoms with van der Waals surface area (Å²) >= 11 is 0. The Balaban J connectivity index is 2.08. The molecular formula is C25H36N2O. The van der Waals surface area contributed by atoms with E-state index in [4.69, 9.17) is 5.73 Å². The zero-order valence-corrected chi connectivity index (χ0v) is 18.3. The normalized spacial score (nSPS) is 15.8. The number of hydrogen-bond donors (Lipinski definition) is 1. The van der Waals surface area contributed by atoms with Crippen molar-refractivity contribution in [3.05, 3.63) is 46.8 Å². The van der Waals surface area contributed by atoms with Crippen molar-refractivity contribution in [1.82, 2.24) is 4.57 Å². The Bertz CT molecular complexity index is 831. The molecule has 1 amide bonds. The number of nitrogens with zero attached hydrogens (tertiary/aromatic N) is 1. The molecule has 152 valence electrons. The first-order valence-electron chi connectivity index (χ1n) is 10.9. The van der Waals surface area contributed by atoms with Gasteiger partial charge in [-0.15, -0.1) is 0 Å². The van der Waals surface area contributed by atoms with E-state index in [1.54, 1.807) is 0 Å². The molecule has 1 fully saturated rings. The first-order chi connectivity index (χ1) is 13.2. The van der Waals surface area contributed by atoms with Crippen molar-refractivity contribution in [1.29, 1.82) is 0 Å². The largest absolute Gasteiger partial charge is 0.366 e. The molecule has 3 heteroatoms. The summed E-state index contributed by atoms with van der Waals surface area (Å²) in [4.78, 5) is 12.4. The molecule has 0 aliphatic heterocycles. The third-order valence-electron chi connectivity index (χ3n) is 6.42. The third-order valence-corrected chi connectivity index (χ3v) is 6.42. The molecule has 2 N–H and O–H groups in total. The van der Waals surface area contributed by atoms with Crippen molar-refractivity contribution < 1.29 is 4.79 Å². The molecule has 1 aliphatic carbocycles. The van der Waals surface area contributed by atoms with Gasteiger partial charge in [0.15, 0.2) is 0 Å². The Kier molecular flexibility index (Phi) is 6.02. The van der Waals surface area contributed by atoms with Crippen molar-refractivity contribution in [3.63, 3.8) is 0 Å². The van der Waals surface area contributed by atoms with Crippen LogP contribution < -0.4 is 5.73 Å². The molecule has 1 saturated carbocycles. The minimum atomic E-state index is -0.315. The molecular weight excluding hydrogens is 344 g/mol. The number of carbonyl (C=O) groups is 1. The van der Waals surface area contributed by atoms with Crippen molar-refractivity contribution in [3.8, 4) is 11.1 Å². The molecule has 2 aromatic rings. The van der Waals surface area contributed by atoms with E-state index in [1.807, 2.05) is 0 Å². The van der Waals surface area contributed by atoms with Crippen LogP contribution in [0.4, 0.5) is 0 Å². The average Bonchev–Trinajstić information content (AvgIpc) is 2.94. The molecule has 1 aromatic heterocycles. The van der Waals surface area contributed by atoms with Crippen LogP contribution in [0, 0.1) is 12.8 Å². The summed E-state index contributed by atoms with van der Waals surface area (Å²) in [7, 11) is 0. The van der Waals surface area contributed by atoms with Crippen molar-refractivity contribution in [2.24, 2.45) is 11.7 Å². The molecule has 0 saturated heterocycles. The lowest BCUT2D eigenvalue weighted by atomic mass is 9.86. The van der Waals surface area contributed by atoms with Gasteiger partial charge in [-0.25, -0.2) is 0 Å². The molecule has 0 bridgehead atoms. The highest BCUT2D eigenvalue weighted by Gasteiger charge is 2.26. The highest BCUT2D eigenvalue weighted by atomic mass is 16.1. The van der Waals surface area contributed by atoms with Crippen LogP contribution in [0.3, 0.4) is 0 Å². The lowest BCUT2D eigenvalue weighted by molar-refractivity contribution is 0.1000. The van der Waals surface area contributed by atoms with Crippen LogP contribution >= 0.6 is 0 Å². The highest BCUT2D eigenvalue weighted by Crippen LogP contribution is 2.36. The molecule has 0 atom stereocenters. The van der Waals surface area contributed by atoms with Crippen molar-refractivity contribution in [2.45, 2.75) is 85.1 Å². The fourth-order valence-electron chi connectivity index (χ4n) is 4.79. The summed E-state index contributed by atoms with van der Waals surface area (Å²) in [5, 5.41) is 0. The second-order valence-electron chi connectivity index (χ2n) is 9.44. The predicted molar refractivity (Wildman–Crippen MR) is 118 cm³/mol. The molecule has 0 radical (unpaired) electrons. The molecule has 28 heavy (non-hydrogen) atoms. The second-order valence-corrected chi connectivity index (χ2v) is 9.44. The second kappa shape index (κ2) is 8.14. The van der Waals surface area contributed by atoms with E-state index in [9.17, 15) is 4.79 Å². The fraction of sp³-hybridized carbons (Fsp3) is 0.560. The number of amides is 1. The van der Waals surface area contributed by atoms with Gasteiger partial charge in [-0.05, 0) is 48.6 Å². The van der Waals surface area contributed by atoms with E-state index in [0.29, 0.717) is 11.5 Å². The van der Waals surface area contributed by atoms with Crippen LogP contribution in [0.1, 0.15) is 87.1 Å². The molecule has 0 unspecified atom stereocenters. The lowest BCUT2D eigenvalue weighted by Crippen LogP contribution is -2.17. The van der Waals surface area contributed by atoms with E-state index < -0.39 is 0 Å². The Labute approximate surface area is 170 Å². The van der Waals surface area contributed by atoms with E-state index in [0.717, 1.165) is 29.8 Å². The van der Waals surface area contributed by atoms with Gasteiger partial charge in [-0.3, -0.25) is 4.79 Å². The quantitative estimate of drug-likeness (QED) is 0.679. The van der Waals surface area contributed by atoms with Gasteiger partial charge in [0.25, 0.3) is 5.91 Å². The van der Waals surface area contributed by atoms with Crippen molar-refractivity contribution >= 4 is 5.91 Å². The van der Waals surface area contributed by atoms with Crippen LogP contribution in [0.5, 0.6) is 0 Å². The van der Waals surface area contributed by atoms with E-state index >= 15 is 0 Å². The smallest absolute Gasteiger partial charge is 0.251 e. The maximum absolute atomic E-state index is 12.4. The summed E-state index contributed by atoms with van der Waals surface area (Å²) < 4.78 is 2.39. The lowest BCUT2D eigenvalue weighted by Gasteiger charge is -2.24. The number of rotatable bonds is 5. The molecule has 1 aromatic carbocycles. The van der Waals surface area contributed by atoms with Gasteiger partial charge in [0.1, 0.15) is 0 Å². The van der Waals surface area contributed by atoms with Gasteiger partial charge in [-0.1, -0.05) is 71.2 Å². The number of nitrogens with two attached hydrogens (primary N) is 1. The maximum atomic E-state index is 12.4. The number of carbonyl (C=O) groups excluding carboxylic acids is 1. The SMILES string of the molecule is CCc1c(-c2ccc(C(C)(C)C)cc2)c(C(N)=O)c(C)n1CC1CCCCC1. The molecule has 1 heterocycles. The molecule has 1 aliphatic rings. The van der Waals surface area contributed by atoms with Gasteiger partial charge >= 0.3 is 0 Å². The van der Waals surface area contributed by atoms with Crippen molar-refractivity contribution in [2.75, 3.05) is 0 Å². The summed E-state index contributed by atoms with van der Waals surface area (Å²) in [5.74, 6) is 0.395. The Hall–Kier alpha value is -2.03. The zero-order valence-electron chi connectivity index (χ0n) is 18.3. The minimum absolute atomic E-state index is 0.113. The van der Waals surface area contributed by atoms with Gasteiger partial charge < -0.3 is 10.3 Å². The monoisotopic (exact) mass is 380 g/mol. The molecule has 3 nitrogen and oxygen atoms in total. The van der Waals surface area contributed by atoms with E-state index in [-0.39, 0.29) is 11.3 Å². The Morgan fingerprint density at radius 2 is 1.71 bits per heavy atom. The fourth-order valence-corrected chi connectivity index (χ4v) is 4.79. The summed E-state index contributed by atoms with van der Waals surface area (Å²) in [5.41, 5.74) is 12.4. The maximum Gasteiger partial charge on any atom is 0.251 e. The number of hydrogen-bond acceptors (Lipinski definition) is 1. The third kappa shape index (κ3) is 4.04.